The number of anilines is 1. The fourth-order valence-electron chi connectivity index (χ4n) is 3.35. The van der Waals surface area contributed by atoms with Gasteiger partial charge in [-0.25, -0.2) is 0 Å². The van der Waals surface area contributed by atoms with Gasteiger partial charge >= 0.3 is 0 Å². The lowest BCUT2D eigenvalue weighted by atomic mass is 9.98. The molecule has 2 fully saturated rings. The topological polar surface area (TPSA) is 15.3 Å². The lowest BCUT2D eigenvalue weighted by Crippen LogP contribution is -2.44. The van der Waals surface area contributed by atoms with Crippen molar-refractivity contribution in [3.05, 3.63) is 27.7 Å². The number of piperidine rings is 1. The Balaban J connectivity index is 1.68. The van der Waals surface area contributed by atoms with Crippen molar-refractivity contribution in [2.45, 2.75) is 43.8 Å². The molecule has 0 amide bonds. The molecule has 2 aliphatic heterocycles. The number of hydrogen-bond donors (Lipinski definition) is 1. The maximum Gasteiger partial charge on any atom is 0.0568 e. The largest absolute Gasteiger partial charge is 0.382 e. The summed E-state index contributed by atoms with van der Waals surface area (Å²) in [5.41, 5.74) is 1.14. The van der Waals surface area contributed by atoms with E-state index in [1.54, 1.807) is 0 Å². The molecule has 0 spiro atoms. The SMILES string of the molecule is CN1C2CCC1CC(Nc1ccc(Br)c(Cl)c1)C2. The van der Waals surface area contributed by atoms with Crippen molar-refractivity contribution in [1.29, 1.82) is 0 Å². The van der Waals surface area contributed by atoms with Crippen molar-refractivity contribution in [2.75, 3.05) is 12.4 Å². The van der Waals surface area contributed by atoms with Crippen molar-refractivity contribution in [1.82, 2.24) is 4.90 Å². The van der Waals surface area contributed by atoms with Gasteiger partial charge in [-0.05, 0) is 66.9 Å². The third-order valence-corrected chi connectivity index (χ3v) is 5.62. The highest BCUT2D eigenvalue weighted by atomic mass is 79.9. The molecule has 18 heavy (non-hydrogen) atoms. The van der Waals surface area contributed by atoms with Crippen LogP contribution >= 0.6 is 27.5 Å². The first kappa shape index (κ1) is 12.8. The lowest BCUT2D eigenvalue weighted by molar-refractivity contribution is 0.169. The molecule has 2 atom stereocenters. The molecule has 0 aromatic heterocycles. The summed E-state index contributed by atoms with van der Waals surface area (Å²) in [6, 6.07) is 8.24. The van der Waals surface area contributed by atoms with Crippen molar-refractivity contribution in [3.63, 3.8) is 0 Å². The van der Waals surface area contributed by atoms with Gasteiger partial charge in [-0.15, -0.1) is 0 Å². The first-order chi connectivity index (χ1) is 8.63. The van der Waals surface area contributed by atoms with Crippen LogP contribution in [0.5, 0.6) is 0 Å². The van der Waals surface area contributed by atoms with Crippen LogP contribution in [0.25, 0.3) is 0 Å². The molecule has 1 aromatic rings. The minimum Gasteiger partial charge on any atom is -0.382 e. The summed E-state index contributed by atoms with van der Waals surface area (Å²) in [6.45, 7) is 0. The molecular formula is C14H18BrClN2. The van der Waals surface area contributed by atoms with E-state index in [2.05, 4.69) is 39.3 Å². The van der Waals surface area contributed by atoms with E-state index in [0.29, 0.717) is 6.04 Å². The Labute approximate surface area is 122 Å². The summed E-state index contributed by atoms with van der Waals surface area (Å²) in [7, 11) is 2.27. The van der Waals surface area contributed by atoms with Crippen molar-refractivity contribution in [2.24, 2.45) is 0 Å². The number of fused-ring (bicyclic) bond motifs is 2. The van der Waals surface area contributed by atoms with Gasteiger partial charge < -0.3 is 10.2 Å². The van der Waals surface area contributed by atoms with Gasteiger partial charge in [0, 0.05) is 28.3 Å². The van der Waals surface area contributed by atoms with Gasteiger partial charge in [0.1, 0.15) is 0 Å². The Morgan fingerprint density at radius 2 is 1.94 bits per heavy atom. The van der Waals surface area contributed by atoms with E-state index < -0.39 is 0 Å². The van der Waals surface area contributed by atoms with Crippen molar-refractivity contribution < 1.29 is 0 Å². The smallest absolute Gasteiger partial charge is 0.0568 e. The van der Waals surface area contributed by atoms with E-state index in [-0.39, 0.29) is 0 Å². The summed E-state index contributed by atoms with van der Waals surface area (Å²) in [5.74, 6) is 0. The van der Waals surface area contributed by atoms with E-state index in [0.717, 1.165) is 27.3 Å². The predicted octanol–water partition coefficient (Wildman–Crippen LogP) is 4.14. The van der Waals surface area contributed by atoms with Crippen LogP contribution in [0.15, 0.2) is 22.7 Å². The van der Waals surface area contributed by atoms with Crippen LogP contribution in [-0.4, -0.2) is 30.1 Å². The summed E-state index contributed by atoms with van der Waals surface area (Å²) >= 11 is 9.55. The third kappa shape index (κ3) is 2.40. The van der Waals surface area contributed by atoms with Crippen LogP contribution in [0.3, 0.4) is 0 Å². The Morgan fingerprint density at radius 1 is 1.28 bits per heavy atom. The minimum atomic E-state index is 0.593. The molecule has 98 valence electrons. The summed E-state index contributed by atoms with van der Waals surface area (Å²) in [6.07, 6.45) is 5.22. The van der Waals surface area contributed by atoms with Gasteiger partial charge in [0.2, 0.25) is 0 Å². The highest BCUT2D eigenvalue weighted by Gasteiger charge is 2.38. The molecular weight excluding hydrogens is 312 g/mol. The van der Waals surface area contributed by atoms with Gasteiger partial charge in [-0.1, -0.05) is 11.6 Å². The van der Waals surface area contributed by atoms with E-state index in [1.165, 1.54) is 25.7 Å². The first-order valence-electron chi connectivity index (χ1n) is 6.57. The highest BCUT2D eigenvalue weighted by molar-refractivity contribution is 9.10. The maximum atomic E-state index is 6.13. The van der Waals surface area contributed by atoms with Crippen LogP contribution < -0.4 is 5.32 Å². The number of halogens is 2. The van der Waals surface area contributed by atoms with Crippen LogP contribution in [-0.2, 0) is 0 Å². The molecule has 3 rings (SSSR count). The van der Waals surface area contributed by atoms with Gasteiger partial charge in [-0.2, -0.15) is 0 Å². The summed E-state index contributed by atoms with van der Waals surface area (Å²) in [4.78, 5) is 2.56. The fraction of sp³-hybridized carbons (Fsp3) is 0.571. The number of benzene rings is 1. The molecule has 2 bridgehead atoms. The normalized spacial score (nSPS) is 31.6. The lowest BCUT2D eigenvalue weighted by Gasteiger charge is -2.37. The molecule has 2 heterocycles. The molecule has 2 nitrogen and oxygen atoms in total. The van der Waals surface area contributed by atoms with Gasteiger partial charge in [-0.3, -0.25) is 0 Å². The van der Waals surface area contributed by atoms with E-state index in [1.807, 2.05) is 12.1 Å². The molecule has 2 saturated heterocycles. The van der Waals surface area contributed by atoms with Crippen molar-refractivity contribution >= 4 is 33.2 Å². The van der Waals surface area contributed by atoms with Crippen LogP contribution in [0.4, 0.5) is 5.69 Å². The van der Waals surface area contributed by atoms with E-state index in [9.17, 15) is 0 Å². The minimum absolute atomic E-state index is 0.593. The van der Waals surface area contributed by atoms with Crippen molar-refractivity contribution in [3.8, 4) is 0 Å². The molecule has 1 aromatic carbocycles. The van der Waals surface area contributed by atoms with Gasteiger partial charge in [0.15, 0.2) is 0 Å². The number of nitrogens with zero attached hydrogens (tertiary/aromatic N) is 1. The summed E-state index contributed by atoms with van der Waals surface area (Å²) < 4.78 is 0.957. The molecule has 2 unspecified atom stereocenters. The number of hydrogen-bond acceptors (Lipinski definition) is 2. The zero-order valence-corrected chi connectivity index (χ0v) is 12.8. The Kier molecular flexibility index (Phi) is 3.57. The second kappa shape index (κ2) is 5.03. The second-order valence-electron chi connectivity index (χ2n) is 5.49. The molecule has 0 aliphatic carbocycles. The number of rotatable bonds is 2. The molecule has 1 N–H and O–H groups in total. The van der Waals surface area contributed by atoms with Crippen LogP contribution in [0.1, 0.15) is 25.7 Å². The zero-order valence-electron chi connectivity index (χ0n) is 10.5. The first-order valence-corrected chi connectivity index (χ1v) is 7.74. The van der Waals surface area contributed by atoms with Gasteiger partial charge in [0.05, 0.1) is 5.02 Å². The van der Waals surface area contributed by atoms with E-state index >= 15 is 0 Å². The second-order valence-corrected chi connectivity index (χ2v) is 6.75. The Morgan fingerprint density at radius 3 is 2.56 bits per heavy atom. The van der Waals surface area contributed by atoms with Gasteiger partial charge in [0.25, 0.3) is 0 Å². The van der Waals surface area contributed by atoms with E-state index in [4.69, 9.17) is 11.6 Å². The molecule has 0 radical (unpaired) electrons. The number of nitrogens with one attached hydrogen (secondary N) is 1. The molecule has 4 heteroatoms. The molecule has 2 aliphatic rings. The quantitative estimate of drug-likeness (QED) is 0.877. The molecule has 0 saturated carbocycles. The third-order valence-electron chi connectivity index (χ3n) is 4.39. The monoisotopic (exact) mass is 328 g/mol. The highest BCUT2D eigenvalue weighted by Crippen LogP contribution is 2.36. The standard InChI is InChI=1S/C14H18BrClN2/c1-18-11-3-4-12(18)7-10(6-11)17-9-2-5-13(15)14(16)8-9/h2,5,8,10-12,17H,3-4,6-7H2,1H3. The maximum absolute atomic E-state index is 6.13. The average Bonchev–Trinajstić information content (AvgIpc) is 2.58. The summed E-state index contributed by atoms with van der Waals surface area (Å²) in [5, 5.41) is 4.41. The fourth-order valence-corrected chi connectivity index (χ4v) is 3.78. The zero-order chi connectivity index (χ0) is 12.7. The Hall–Kier alpha value is -0.250. The predicted molar refractivity (Wildman–Crippen MR) is 80.4 cm³/mol. The average molecular weight is 330 g/mol. The Bertz CT molecular complexity index is 437. The van der Waals surface area contributed by atoms with Crippen LogP contribution in [0, 0.1) is 0 Å². The van der Waals surface area contributed by atoms with Crippen LogP contribution in [0.2, 0.25) is 5.02 Å².